The summed E-state index contributed by atoms with van der Waals surface area (Å²) >= 11 is 0. The number of benzene rings is 1. The first-order valence-electron chi connectivity index (χ1n) is 11.3. The number of rotatable bonds is 8. The van der Waals surface area contributed by atoms with Crippen LogP contribution in [0.4, 0.5) is 0 Å². The highest BCUT2D eigenvalue weighted by molar-refractivity contribution is 7.89. The largest absolute Gasteiger partial charge is 0.383 e. The fourth-order valence-electron chi connectivity index (χ4n) is 5.18. The Bertz CT molecular complexity index is 926. The van der Waals surface area contributed by atoms with E-state index in [1.807, 2.05) is 4.90 Å². The Morgan fingerprint density at radius 2 is 2.03 bits per heavy atom. The van der Waals surface area contributed by atoms with Crippen LogP contribution in [0.3, 0.4) is 0 Å². The van der Waals surface area contributed by atoms with Crippen molar-refractivity contribution in [1.29, 1.82) is 0 Å². The van der Waals surface area contributed by atoms with Crippen molar-refractivity contribution in [2.24, 2.45) is 0 Å². The van der Waals surface area contributed by atoms with E-state index in [1.54, 1.807) is 37.4 Å². The van der Waals surface area contributed by atoms with E-state index in [2.05, 4.69) is 14.9 Å². The third kappa shape index (κ3) is 4.98. The van der Waals surface area contributed by atoms with Crippen molar-refractivity contribution in [2.45, 2.75) is 61.2 Å². The first-order valence-corrected chi connectivity index (χ1v) is 12.8. The zero-order valence-electron chi connectivity index (χ0n) is 18.4. The van der Waals surface area contributed by atoms with Gasteiger partial charge in [0.15, 0.2) is 0 Å². The lowest BCUT2D eigenvalue weighted by Gasteiger charge is -2.37. The standard InChI is InChI=1S/C22H32N4O5S/c1-31-15-18-6-5-11-25(18)21(27)10-9-17-13-23-22(28)20-12-16(14-26(17)20)24-32(29,30)19-7-3-2-4-8-19/h2-4,7-8,16-18,20,24H,5-6,9-15H2,1H3,(H,23,28)/t16-,17+,18+,20-/m0/s1. The van der Waals surface area contributed by atoms with Gasteiger partial charge in [0.2, 0.25) is 21.8 Å². The molecule has 4 rings (SSSR count). The van der Waals surface area contributed by atoms with Crippen LogP contribution in [-0.4, -0.2) is 87.6 Å². The van der Waals surface area contributed by atoms with Crippen molar-refractivity contribution < 1.29 is 22.7 Å². The quantitative estimate of drug-likeness (QED) is 0.574. The third-order valence-electron chi connectivity index (χ3n) is 6.75. The number of hydrogen-bond acceptors (Lipinski definition) is 6. The van der Waals surface area contributed by atoms with Crippen LogP contribution >= 0.6 is 0 Å². The molecular formula is C22H32N4O5S. The molecule has 0 spiro atoms. The van der Waals surface area contributed by atoms with Crippen molar-refractivity contribution in [3.63, 3.8) is 0 Å². The van der Waals surface area contributed by atoms with Crippen LogP contribution in [0, 0.1) is 0 Å². The molecule has 0 saturated carbocycles. The van der Waals surface area contributed by atoms with E-state index in [0.29, 0.717) is 39.0 Å². The highest BCUT2D eigenvalue weighted by atomic mass is 32.2. The fraction of sp³-hybridized carbons (Fsp3) is 0.636. The van der Waals surface area contributed by atoms with Gasteiger partial charge in [-0.25, -0.2) is 13.1 Å². The number of ether oxygens (including phenoxy) is 1. The average Bonchev–Trinajstić information content (AvgIpc) is 3.41. The Hall–Kier alpha value is -2.01. The van der Waals surface area contributed by atoms with Gasteiger partial charge in [0, 0.05) is 45.2 Å². The number of hydrogen-bond donors (Lipinski definition) is 2. The minimum absolute atomic E-state index is 0.0105. The SMILES string of the molecule is COC[C@H]1CCCN1C(=O)CC[C@@H]1CNC(=O)[C@@H]2C[C@H](NS(=O)(=O)c3ccccc3)CN12. The van der Waals surface area contributed by atoms with Crippen LogP contribution in [-0.2, 0) is 24.3 Å². The van der Waals surface area contributed by atoms with Gasteiger partial charge in [0.1, 0.15) is 0 Å². The number of fused-ring (bicyclic) bond motifs is 1. The van der Waals surface area contributed by atoms with Crippen LogP contribution in [0.15, 0.2) is 35.2 Å². The normalized spacial score (nSPS) is 28.5. The molecule has 176 valence electrons. The summed E-state index contributed by atoms with van der Waals surface area (Å²) in [6.45, 7) is 2.26. The molecule has 2 amide bonds. The summed E-state index contributed by atoms with van der Waals surface area (Å²) in [7, 11) is -2.00. The molecule has 0 radical (unpaired) electrons. The minimum Gasteiger partial charge on any atom is -0.383 e. The van der Waals surface area contributed by atoms with Gasteiger partial charge in [-0.2, -0.15) is 0 Å². The molecular weight excluding hydrogens is 432 g/mol. The number of methoxy groups -OCH3 is 1. The van der Waals surface area contributed by atoms with E-state index in [4.69, 9.17) is 4.74 Å². The van der Waals surface area contributed by atoms with Gasteiger partial charge in [-0.3, -0.25) is 14.5 Å². The number of sulfonamides is 1. The second-order valence-corrected chi connectivity index (χ2v) is 10.6. The molecule has 32 heavy (non-hydrogen) atoms. The van der Waals surface area contributed by atoms with E-state index in [-0.39, 0.29) is 40.9 Å². The molecule has 2 N–H and O–H groups in total. The van der Waals surface area contributed by atoms with Gasteiger partial charge in [-0.1, -0.05) is 18.2 Å². The summed E-state index contributed by atoms with van der Waals surface area (Å²) in [5.41, 5.74) is 0. The van der Waals surface area contributed by atoms with Gasteiger partial charge < -0.3 is 15.0 Å². The lowest BCUT2D eigenvalue weighted by molar-refractivity contribution is -0.133. The van der Waals surface area contributed by atoms with Crippen LogP contribution < -0.4 is 10.0 Å². The molecule has 3 fully saturated rings. The topological polar surface area (TPSA) is 108 Å². The third-order valence-corrected chi connectivity index (χ3v) is 8.28. The molecule has 1 aromatic rings. The second-order valence-electron chi connectivity index (χ2n) is 8.86. The van der Waals surface area contributed by atoms with Crippen molar-refractivity contribution in [3.8, 4) is 0 Å². The van der Waals surface area contributed by atoms with Gasteiger partial charge in [0.05, 0.1) is 23.6 Å². The summed E-state index contributed by atoms with van der Waals surface area (Å²) in [5.74, 6) is 0.0483. The molecule has 10 heteroatoms. The molecule has 3 aliphatic heterocycles. The van der Waals surface area contributed by atoms with Crippen molar-refractivity contribution >= 4 is 21.8 Å². The second kappa shape index (κ2) is 9.86. The Morgan fingerprint density at radius 3 is 2.78 bits per heavy atom. The Labute approximate surface area is 189 Å². The lowest BCUT2D eigenvalue weighted by Crippen LogP contribution is -2.58. The van der Waals surface area contributed by atoms with Gasteiger partial charge in [-0.15, -0.1) is 0 Å². The molecule has 4 atom stereocenters. The predicted octanol–water partition coefficient (Wildman–Crippen LogP) is 0.324. The maximum atomic E-state index is 12.8. The van der Waals surface area contributed by atoms with Gasteiger partial charge in [-0.05, 0) is 37.8 Å². The Kier molecular flexibility index (Phi) is 7.14. The van der Waals surface area contributed by atoms with E-state index >= 15 is 0 Å². The molecule has 3 saturated heterocycles. The molecule has 0 bridgehead atoms. The molecule has 9 nitrogen and oxygen atoms in total. The van der Waals surface area contributed by atoms with Crippen molar-refractivity contribution in [2.75, 3.05) is 33.4 Å². The zero-order valence-corrected chi connectivity index (χ0v) is 19.2. The monoisotopic (exact) mass is 464 g/mol. The Balaban J connectivity index is 1.36. The maximum absolute atomic E-state index is 12.8. The van der Waals surface area contributed by atoms with Crippen LogP contribution in [0.2, 0.25) is 0 Å². The summed E-state index contributed by atoms with van der Waals surface area (Å²) in [4.78, 5) is 29.5. The number of amides is 2. The fourth-order valence-corrected chi connectivity index (χ4v) is 6.44. The van der Waals surface area contributed by atoms with Crippen LogP contribution in [0.1, 0.15) is 32.1 Å². The lowest BCUT2D eigenvalue weighted by atomic mass is 10.0. The van der Waals surface area contributed by atoms with Gasteiger partial charge >= 0.3 is 0 Å². The van der Waals surface area contributed by atoms with E-state index in [0.717, 1.165) is 19.4 Å². The van der Waals surface area contributed by atoms with Crippen LogP contribution in [0.5, 0.6) is 0 Å². The molecule has 3 aliphatic rings. The molecule has 1 aromatic carbocycles. The highest BCUT2D eigenvalue weighted by Crippen LogP contribution is 2.27. The maximum Gasteiger partial charge on any atom is 0.240 e. The molecule has 0 aliphatic carbocycles. The van der Waals surface area contributed by atoms with Crippen molar-refractivity contribution in [3.05, 3.63) is 30.3 Å². The number of carbonyl (C=O) groups is 2. The Morgan fingerprint density at radius 1 is 1.25 bits per heavy atom. The molecule has 3 heterocycles. The summed E-state index contributed by atoms with van der Waals surface area (Å²) < 4.78 is 33.4. The van der Waals surface area contributed by atoms with Crippen LogP contribution in [0.25, 0.3) is 0 Å². The predicted molar refractivity (Wildman–Crippen MR) is 118 cm³/mol. The molecule has 0 aromatic heterocycles. The molecule has 0 unspecified atom stereocenters. The zero-order chi connectivity index (χ0) is 22.7. The van der Waals surface area contributed by atoms with E-state index < -0.39 is 10.0 Å². The minimum atomic E-state index is -3.65. The number of likely N-dealkylation sites (tertiary alicyclic amines) is 1. The smallest absolute Gasteiger partial charge is 0.240 e. The number of nitrogens with zero attached hydrogens (tertiary/aromatic N) is 2. The highest BCUT2D eigenvalue weighted by Gasteiger charge is 2.44. The number of piperazine rings is 1. The summed E-state index contributed by atoms with van der Waals surface area (Å²) in [5, 5.41) is 2.94. The number of nitrogens with one attached hydrogen (secondary N) is 2. The first-order chi connectivity index (χ1) is 15.4. The van der Waals surface area contributed by atoms with Gasteiger partial charge in [0.25, 0.3) is 0 Å². The first kappa shape index (κ1) is 23.2. The van der Waals surface area contributed by atoms with E-state index in [1.165, 1.54) is 0 Å². The van der Waals surface area contributed by atoms with Crippen molar-refractivity contribution in [1.82, 2.24) is 19.8 Å². The number of carbonyl (C=O) groups excluding carboxylic acids is 2. The summed E-state index contributed by atoms with van der Waals surface area (Å²) in [6, 6.07) is 7.69. The van der Waals surface area contributed by atoms with E-state index in [9.17, 15) is 18.0 Å². The summed E-state index contributed by atoms with van der Waals surface area (Å²) in [6.07, 6.45) is 3.42. The average molecular weight is 465 g/mol.